The fraction of sp³-hybridized carbons (Fsp3) is 0.143. The van der Waals surface area contributed by atoms with Crippen LogP contribution in [-0.4, -0.2) is 4.57 Å². The standard InChI is InChI=1S/C49H42N2/c1-33-26-28-35(29-27-33)51-45-25-15-13-18-37(45)43-32-36(30-31-46(43)51)50(34-16-6-5-7-17-34)48-40-21-10-8-19-38(40)47(39-20-9-11-22-41(39)48)42-23-12-14-24-44(42)49(2,3)4/h5-26,28-33H,27H2,1-4H3. The fourth-order valence-electron chi connectivity index (χ4n) is 8.24. The zero-order chi connectivity index (χ0) is 34.7. The van der Waals surface area contributed by atoms with E-state index < -0.39 is 0 Å². The second-order valence-electron chi connectivity index (χ2n) is 15.0. The van der Waals surface area contributed by atoms with Gasteiger partial charge in [0.25, 0.3) is 0 Å². The molecule has 1 unspecified atom stereocenters. The molecule has 2 heteroatoms. The lowest BCUT2D eigenvalue weighted by Gasteiger charge is -2.30. The SMILES string of the molecule is CC1C=CC(n2c3ccccc3c3cc(N(c4ccccc4)c4c5ccccc5c(-c5ccccc5C(C)(C)C)c5ccccc45)ccc32)=CC1. The number of rotatable bonds is 5. The van der Waals surface area contributed by atoms with Gasteiger partial charge in [-0.1, -0.05) is 149 Å². The van der Waals surface area contributed by atoms with Gasteiger partial charge in [0.2, 0.25) is 0 Å². The minimum Gasteiger partial charge on any atom is -0.310 e. The van der Waals surface area contributed by atoms with E-state index in [1.54, 1.807) is 0 Å². The van der Waals surface area contributed by atoms with Gasteiger partial charge in [0.1, 0.15) is 0 Å². The van der Waals surface area contributed by atoms with E-state index in [1.807, 2.05) is 0 Å². The number of hydrogen-bond acceptors (Lipinski definition) is 1. The third-order valence-electron chi connectivity index (χ3n) is 10.6. The predicted octanol–water partition coefficient (Wildman–Crippen LogP) is 14.0. The Morgan fingerprint density at radius 1 is 0.569 bits per heavy atom. The van der Waals surface area contributed by atoms with Crippen molar-refractivity contribution in [1.82, 2.24) is 4.57 Å². The lowest BCUT2D eigenvalue weighted by atomic mass is 9.79. The zero-order valence-electron chi connectivity index (χ0n) is 29.8. The number of aromatic nitrogens is 1. The number of allylic oxidation sites excluding steroid dienone is 4. The maximum atomic E-state index is 2.48. The van der Waals surface area contributed by atoms with E-state index in [0.29, 0.717) is 5.92 Å². The van der Waals surface area contributed by atoms with Gasteiger partial charge in [-0.15, -0.1) is 0 Å². The molecule has 0 amide bonds. The number of benzene rings is 7. The van der Waals surface area contributed by atoms with Gasteiger partial charge in [0, 0.05) is 38.6 Å². The molecule has 0 radical (unpaired) electrons. The predicted molar refractivity (Wildman–Crippen MR) is 220 cm³/mol. The molecule has 1 atom stereocenters. The average Bonchev–Trinajstić information content (AvgIpc) is 3.49. The van der Waals surface area contributed by atoms with Crippen molar-refractivity contribution in [3.63, 3.8) is 0 Å². The highest BCUT2D eigenvalue weighted by molar-refractivity contribution is 6.23. The Labute approximate surface area is 300 Å². The van der Waals surface area contributed by atoms with Crippen LogP contribution in [0.3, 0.4) is 0 Å². The summed E-state index contributed by atoms with van der Waals surface area (Å²) in [4.78, 5) is 2.48. The number of hydrogen-bond donors (Lipinski definition) is 0. The van der Waals surface area contributed by atoms with E-state index >= 15 is 0 Å². The lowest BCUT2D eigenvalue weighted by molar-refractivity contribution is 0.592. The average molecular weight is 659 g/mol. The molecular weight excluding hydrogens is 617 g/mol. The summed E-state index contributed by atoms with van der Waals surface area (Å²) >= 11 is 0. The van der Waals surface area contributed by atoms with Gasteiger partial charge < -0.3 is 9.47 Å². The second-order valence-corrected chi connectivity index (χ2v) is 15.0. The molecule has 51 heavy (non-hydrogen) atoms. The maximum Gasteiger partial charge on any atom is 0.0618 e. The Kier molecular flexibility index (Phi) is 7.44. The van der Waals surface area contributed by atoms with Crippen molar-refractivity contribution in [2.75, 3.05) is 4.90 Å². The Balaban J connectivity index is 1.36. The maximum absolute atomic E-state index is 2.48. The molecule has 9 rings (SSSR count). The summed E-state index contributed by atoms with van der Waals surface area (Å²) in [5.41, 5.74) is 11.1. The van der Waals surface area contributed by atoms with Crippen molar-refractivity contribution in [2.45, 2.75) is 39.5 Å². The van der Waals surface area contributed by atoms with E-state index in [1.165, 1.54) is 71.4 Å². The first-order valence-corrected chi connectivity index (χ1v) is 18.2. The second kappa shape index (κ2) is 12.2. The first-order valence-electron chi connectivity index (χ1n) is 18.2. The topological polar surface area (TPSA) is 8.17 Å². The van der Waals surface area contributed by atoms with Crippen LogP contribution in [0.25, 0.3) is 60.2 Å². The third-order valence-corrected chi connectivity index (χ3v) is 10.6. The monoisotopic (exact) mass is 658 g/mol. The fourth-order valence-corrected chi connectivity index (χ4v) is 8.24. The molecule has 0 aliphatic heterocycles. The van der Waals surface area contributed by atoms with Crippen molar-refractivity contribution in [3.05, 3.63) is 169 Å². The normalized spacial score (nSPS) is 14.8. The quantitative estimate of drug-likeness (QED) is 0.167. The van der Waals surface area contributed by atoms with Crippen LogP contribution in [0.15, 0.2) is 164 Å². The van der Waals surface area contributed by atoms with E-state index in [2.05, 4.69) is 201 Å². The van der Waals surface area contributed by atoms with Gasteiger partial charge >= 0.3 is 0 Å². The van der Waals surface area contributed by atoms with Gasteiger partial charge in [-0.25, -0.2) is 0 Å². The molecular formula is C49H42N2. The van der Waals surface area contributed by atoms with Crippen LogP contribution in [0.5, 0.6) is 0 Å². The smallest absolute Gasteiger partial charge is 0.0618 e. The van der Waals surface area contributed by atoms with Crippen molar-refractivity contribution in [3.8, 4) is 11.1 Å². The molecule has 0 spiro atoms. The molecule has 1 aliphatic carbocycles. The highest BCUT2D eigenvalue weighted by atomic mass is 15.1. The summed E-state index contributed by atoms with van der Waals surface area (Å²) < 4.78 is 2.44. The molecule has 7 aromatic carbocycles. The van der Waals surface area contributed by atoms with Crippen LogP contribution in [-0.2, 0) is 5.41 Å². The van der Waals surface area contributed by atoms with E-state index in [0.717, 1.165) is 17.8 Å². The molecule has 2 nitrogen and oxygen atoms in total. The highest BCUT2D eigenvalue weighted by Crippen LogP contribution is 2.50. The summed E-state index contributed by atoms with van der Waals surface area (Å²) in [6, 6.07) is 53.7. The minimum atomic E-state index is -0.0101. The number of anilines is 3. The zero-order valence-corrected chi connectivity index (χ0v) is 29.8. The van der Waals surface area contributed by atoms with Gasteiger partial charge in [0.05, 0.1) is 16.7 Å². The van der Waals surface area contributed by atoms with Crippen LogP contribution >= 0.6 is 0 Å². The van der Waals surface area contributed by atoms with Gasteiger partial charge in [0.15, 0.2) is 0 Å². The molecule has 0 saturated heterocycles. The first-order chi connectivity index (χ1) is 24.9. The Morgan fingerprint density at radius 3 is 1.82 bits per heavy atom. The summed E-state index contributed by atoms with van der Waals surface area (Å²) in [6.45, 7) is 9.23. The van der Waals surface area contributed by atoms with Gasteiger partial charge in [-0.05, 0) is 87.7 Å². The van der Waals surface area contributed by atoms with Crippen molar-refractivity contribution in [2.24, 2.45) is 5.92 Å². The van der Waals surface area contributed by atoms with Crippen LogP contribution in [0.1, 0.15) is 39.7 Å². The summed E-state index contributed by atoms with van der Waals surface area (Å²) in [5, 5.41) is 7.49. The van der Waals surface area contributed by atoms with E-state index in [-0.39, 0.29) is 5.41 Å². The van der Waals surface area contributed by atoms with Crippen LogP contribution < -0.4 is 4.90 Å². The van der Waals surface area contributed by atoms with Crippen LogP contribution in [0.2, 0.25) is 0 Å². The number of nitrogens with zero attached hydrogens (tertiary/aromatic N) is 2. The number of fused-ring (bicyclic) bond motifs is 5. The number of para-hydroxylation sites is 2. The molecule has 1 aliphatic rings. The van der Waals surface area contributed by atoms with Gasteiger partial charge in [-0.2, -0.15) is 0 Å². The highest BCUT2D eigenvalue weighted by Gasteiger charge is 2.26. The first kappa shape index (κ1) is 31.1. The van der Waals surface area contributed by atoms with E-state index in [9.17, 15) is 0 Å². The summed E-state index contributed by atoms with van der Waals surface area (Å²) in [6.07, 6.45) is 8.07. The Bertz CT molecular complexity index is 2610. The molecule has 0 N–H and O–H groups in total. The molecule has 1 aromatic heterocycles. The lowest BCUT2D eigenvalue weighted by Crippen LogP contribution is -2.13. The molecule has 0 bridgehead atoms. The van der Waals surface area contributed by atoms with Crippen molar-refractivity contribution in [1.29, 1.82) is 0 Å². The Hall–Kier alpha value is -5.86. The summed E-state index contributed by atoms with van der Waals surface area (Å²) in [7, 11) is 0. The van der Waals surface area contributed by atoms with Crippen molar-refractivity contribution < 1.29 is 0 Å². The van der Waals surface area contributed by atoms with Crippen LogP contribution in [0, 0.1) is 5.92 Å². The van der Waals surface area contributed by atoms with Crippen LogP contribution in [0.4, 0.5) is 17.1 Å². The van der Waals surface area contributed by atoms with E-state index in [4.69, 9.17) is 0 Å². The summed E-state index contributed by atoms with van der Waals surface area (Å²) in [5.74, 6) is 0.561. The molecule has 1 heterocycles. The van der Waals surface area contributed by atoms with Crippen molar-refractivity contribution >= 4 is 66.1 Å². The molecule has 248 valence electrons. The third kappa shape index (κ3) is 5.17. The molecule has 0 fully saturated rings. The molecule has 0 saturated carbocycles. The minimum absolute atomic E-state index is 0.0101. The molecule has 8 aromatic rings. The Morgan fingerprint density at radius 2 is 1.16 bits per heavy atom. The van der Waals surface area contributed by atoms with Gasteiger partial charge in [-0.3, -0.25) is 0 Å². The largest absolute Gasteiger partial charge is 0.310 e.